The van der Waals surface area contributed by atoms with Crippen LogP contribution in [0.25, 0.3) is 22.1 Å². The lowest BCUT2D eigenvalue weighted by Gasteiger charge is -2.08. The van der Waals surface area contributed by atoms with E-state index < -0.39 is 22.1 Å². The maximum absolute atomic E-state index is 12.3. The molecule has 2 heterocycles. The van der Waals surface area contributed by atoms with Crippen LogP contribution in [0.1, 0.15) is 0 Å². The Balaban J connectivity index is 0.00000272. The monoisotopic (exact) mass is 456 g/mol. The molecule has 0 bridgehead atoms. The average Bonchev–Trinajstić information content (AvgIpc) is 2.97. The van der Waals surface area contributed by atoms with E-state index in [1.165, 1.54) is 22.7 Å². The zero-order valence-electron chi connectivity index (χ0n) is 15.7. The first kappa shape index (κ1) is 22.1. The highest BCUT2D eigenvalue weighted by Crippen LogP contribution is 2.29. The van der Waals surface area contributed by atoms with E-state index in [0.29, 0.717) is 10.9 Å². The molecule has 0 unspecified atom stereocenters. The van der Waals surface area contributed by atoms with E-state index in [-0.39, 0.29) is 28.2 Å². The SMILES string of the molecule is CS(=O)(=O)Nc1cc2c(O)n(-c3ccc(OC(F)(F)F)cc3)n[n+]2c2ccccc12.[OH-]. The Bertz CT molecular complexity index is 1370. The smallest absolute Gasteiger partial charge is 0.573 e. The van der Waals surface area contributed by atoms with Crippen molar-refractivity contribution in [2.45, 2.75) is 6.36 Å². The molecule has 0 aliphatic heterocycles. The maximum atomic E-state index is 12.3. The quantitative estimate of drug-likeness (QED) is 0.455. The van der Waals surface area contributed by atoms with Crippen LogP contribution in [-0.2, 0) is 10.0 Å². The first-order valence-electron chi connectivity index (χ1n) is 8.42. The van der Waals surface area contributed by atoms with Crippen molar-refractivity contribution < 1.29 is 41.4 Å². The molecular weight excluding hydrogens is 441 g/mol. The second-order valence-corrected chi connectivity index (χ2v) is 8.16. The highest BCUT2D eigenvalue weighted by atomic mass is 32.2. The fraction of sp³-hybridized carbons (Fsp3) is 0.111. The molecule has 0 radical (unpaired) electrons. The van der Waals surface area contributed by atoms with E-state index in [2.05, 4.69) is 14.7 Å². The van der Waals surface area contributed by atoms with Gasteiger partial charge in [0.2, 0.25) is 15.5 Å². The van der Waals surface area contributed by atoms with Crippen LogP contribution in [0, 0.1) is 0 Å². The van der Waals surface area contributed by atoms with Crippen LogP contribution in [0.2, 0.25) is 0 Å². The standard InChI is InChI=1S/C18H13F3N4O4S.H2O/c1-30(27,28)22-14-10-16-17(26)24(23-25(16)15-5-3-2-4-13(14)15)11-6-8-12(9-7-11)29-18(19,20)21;/h2-10,23H,1H3;1H2. The van der Waals surface area contributed by atoms with Crippen molar-refractivity contribution in [3.63, 3.8) is 0 Å². The molecule has 13 heteroatoms. The number of aromatic hydroxyl groups is 1. The minimum Gasteiger partial charge on any atom is -0.870 e. The zero-order valence-corrected chi connectivity index (χ0v) is 16.5. The van der Waals surface area contributed by atoms with Crippen molar-refractivity contribution in [3.05, 3.63) is 54.6 Å². The number of benzene rings is 2. The highest BCUT2D eigenvalue weighted by molar-refractivity contribution is 7.92. The number of alkyl halides is 3. The van der Waals surface area contributed by atoms with Crippen LogP contribution in [0.15, 0.2) is 54.6 Å². The summed E-state index contributed by atoms with van der Waals surface area (Å²) in [6.45, 7) is 0. The largest absolute Gasteiger partial charge is 0.870 e. The number of aromatic nitrogens is 3. The van der Waals surface area contributed by atoms with Gasteiger partial charge in [-0.05, 0) is 36.4 Å². The number of para-hydroxylation sites is 1. The van der Waals surface area contributed by atoms with Crippen LogP contribution in [0.5, 0.6) is 11.6 Å². The Morgan fingerprint density at radius 2 is 1.74 bits per heavy atom. The predicted molar refractivity (Wildman–Crippen MR) is 103 cm³/mol. The number of sulfonamides is 1. The number of halogens is 3. The third-order valence-electron chi connectivity index (χ3n) is 4.15. The molecule has 0 fully saturated rings. The van der Waals surface area contributed by atoms with Gasteiger partial charge in [0.05, 0.1) is 11.9 Å². The van der Waals surface area contributed by atoms with Gasteiger partial charge in [0.15, 0.2) is 11.2 Å². The third-order valence-corrected chi connectivity index (χ3v) is 4.74. The first-order chi connectivity index (χ1) is 14.0. The Hall–Kier alpha value is -3.58. The van der Waals surface area contributed by atoms with Gasteiger partial charge in [0.1, 0.15) is 11.0 Å². The molecule has 0 amide bonds. The van der Waals surface area contributed by atoms with Crippen LogP contribution in [-0.4, -0.2) is 41.5 Å². The van der Waals surface area contributed by atoms with E-state index in [1.54, 1.807) is 24.3 Å². The molecule has 164 valence electrons. The molecule has 0 aliphatic rings. The summed E-state index contributed by atoms with van der Waals surface area (Å²) in [5.74, 6) is -0.748. The summed E-state index contributed by atoms with van der Waals surface area (Å²) < 4.78 is 69.2. The number of hydrogen-bond donors (Lipinski definition) is 2. The predicted octanol–water partition coefficient (Wildman–Crippen LogP) is 2.56. The van der Waals surface area contributed by atoms with Gasteiger partial charge in [-0.15, -0.1) is 13.2 Å². The first-order valence-corrected chi connectivity index (χ1v) is 10.3. The molecule has 0 saturated heterocycles. The molecule has 4 rings (SSSR count). The van der Waals surface area contributed by atoms with E-state index >= 15 is 0 Å². The van der Waals surface area contributed by atoms with E-state index in [0.717, 1.165) is 23.1 Å². The highest BCUT2D eigenvalue weighted by Gasteiger charge is 2.31. The van der Waals surface area contributed by atoms with Crippen molar-refractivity contribution in [2.75, 3.05) is 11.0 Å². The molecule has 9 nitrogen and oxygen atoms in total. The second kappa shape index (κ2) is 7.59. The van der Waals surface area contributed by atoms with Gasteiger partial charge in [-0.25, -0.2) is 8.42 Å². The molecular formula is C18H15F3N4O5S. The van der Waals surface area contributed by atoms with Crippen molar-refractivity contribution in [1.29, 1.82) is 0 Å². The van der Waals surface area contributed by atoms with Crippen molar-refractivity contribution in [1.82, 2.24) is 9.90 Å². The molecule has 0 spiro atoms. The summed E-state index contributed by atoms with van der Waals surface area (Å²) >= 11 is 0. The maximum Gasteiger partial charge on any atom is 0.573 e. The Morgan fingerprint density at radius 1 is 1.10 bits per heavy atom. The summed E-state index contributed by atoms with van der Waals surface area (Å²) in [5.41, 5.74) is 1.21. The lowest BCUT2D eigenvalue weighted by Crippen LogP contribution is -2.26. The lowest BCUT2D eigenvalue weighted by molar-refractivity contribution is -0.555. The Labute approximate surface area is 173 Å². The number of ether oxygens (including phenoxy) is 1. The lowest BCUT2D eigenvalue weighted by atomic mass is 10.2. The number of hydrogen-bond acceptors (Lipinski definition) is 6. The molecule has 4 aromatic rings. The fourth-order valence-corrected chi connectivity index (χ4v) is 3.60. The molecule has 31 heavy (non-hydrogen) atoms. The number of fused-ring (bicyclic) bond motifs is 3. The number of rotatable bonds is 4. The summed E-state index contributed by atoms with van der Waals surface area (Å²) in [5, 5.41) is 15.5. The van der Waals surface area contributed by atoms with Gasteiger partial charge in [0.25, 0.3) is 0 Å². The Kier molecular flexibility index (Phi) is 5.42. The number of nitrogens with zero attached hydrogens (tertiary/aromatic N) is 3. The van der Waals surface area contributed by atoms with Crippen LogP contribution in [0.3, 0.4) is 0 Å². The van der Waals surface area contributed by atoms with Gasteiger partial charge in [-0.2, -0.15) is 0 Å². The molecule has 0 atom stereocenters. The third kappa shape index (κ3) is 4.46. The van der Waals surface area contributed by atoms with Crippen LogP contribution < -0.4 is 14.0 Å². The Morgan fingerprint density at radius 3 is 2.35 bits per heavy atom. The second-order valence-electron chi connectivity index (χ2n) is 6.41. The molecule has 2 aromatic heterocycles. The van der Waals surface area contributed by atoms with Crippen molar-refractivity contribution >= 4 is 32.1 Å². The summed E-state index contributed by atoms with van der Waals surface area (Å²) in [6.07, 6.45) is -3.81. The average molecular weight is 456 g/mol. The minimum absolute atomic E-state index is 0. The molecule has 3 N–H and O–H groups in total. The summed E-state index contributed by atoms with van der Waals surface area (Å²) in [7, 11) is -3.59. The van der Waals surface area contributed by atoms with Gasteiger partial charge in [-0.1, -0.05) is 21.3 Å². The van der Waals surface area contributed by atoms with Crippen molar-refractivity contribution in [3.8, 4) is 17.3 Å². The molecule has 0 saturated carbocycles. The molecule has 0 aliphatic carbocycles. The van der Waals surface area contributed by atoms with Crippen LogP contribution in [0.4, 0.5) is 18.9 Å². The van der Waals surface area contributed by atoms with E-state index in [9.17, 15) is 26.7 Å². The normalized spacial score (nSPS) is 12.0. The molecule has 2 aromatic carbocycles. The minimum atomic E-state index is -4.82. The van der Waals surface area contributed by atoms with Gasteiger partial charge in [0, 0.05) is 11.5 Å². The fourth-order valence-electron chi connectivity index (χ4n) is 3.03. The number of pyridine rings is 1. The number of nitrogens with one attached hydrogen (secondary N) is 1. The zero-order chi connectivity index (χ0) is 21.7. The van der Waals surface area contributed by atoms with Gasteiger partial charge < -0.3 is 15.3 Å². The van der Waals surface area contributed by atoms with Gasteiger partial charge in [-0.3, -0.25) is 4.72 Å². The van der Waals surface area contributed by atoms with E-state index in [4.69, 9.17) is 0 Å². The number of anilines is 1. The van der Waals surface area contributed by atoms with E-state index in [1.807, 2.05) is 0 Å². The van der Waals surface area contributed by atoms with Crippen molar-refractivity contribution in [2.24, 2.45) is 0 Å². The summed E-state index contributed by atoms with van der Waals surface area (Å²) in [4.78, 5) is 0. The van der Waals surface area contributed by atoms with Gasteiger partial charge >= 0.3 is 12.2 Å². The summed E-state index contributed by atoms with van der Waals surface area (Å²) in [6, 6.07) is 13.0. The topological polar surface area (TPSA) is 128 Å². The van der Waals surface area contributed by atoms with Crippen LogP contribution >= 0.6 is 0 Å².